The van der Waals surface area contributed by atoms with Crippen LogP contribution in [0.4, 0.5) is 0 Å². The highest BCUT2D eigenvalue weighted by atomic mass is 35.5. The molecule has 0 aliphatic heterocycles. The molecule has 0 saturated carbocycles. The Kier molecular flexibility index (Phi) is 3.77. The van der Waals surface area contributed by atoms with Crippen LogP contribution in [0.15, 0.2) is 40.0 Å². The number of hydrogen-bond acceptors (Lipinski definition) is 7. The van der Waals surface area contributed by atoms with E-state index in [4.69, 9.17) is 16.0 Å². The quantitative estimate of drug-likeness (QED) is 0.687. The highest BCUT2D eigenvalue weighted by Crippen LogP contribution is 2.28. The maximum Gasteiger partial charge on any atom is 0.277 e. The monoisotopic (exact) mass is 310 g/mol. The van der Waals surface area contributed by atoms with Gasteiger partial charge in [-0.15, -0.1) is 15.3 Å². The van der Waals surface area contributed by atoms with Crippen LogP contribution in [-0.4, -0.2) is 19.8 Å². The van der Waals surface area contributed by atoms with Crippen molar-refractivity contribution in [3.63, 3.8) is 0 Å². The molecule has 1 aromatic carbocycles. The lowest BCUT2D eigenvalue weighted by molar-refractivity contribution is 0.466. The van der Waals surface area contributed by atoms with Gasteiger partial charge in [-0.25, -0.2) is 0 Å². The Hall–Kier alpha value is -1.44. The lowest BCUT2D eigenvalue weighted by Crippen LogP contribution is -1.82. The number of halogens is 1. The van der Waals surface area contributed by atoms with Crippen molar-refractivity contribution >= 4 is 34.9 Å². The van der Waals surface area contributed by atoms with E-state index in [2.05, 4.69) is 19.8 Å². The highest BCUT2D eigenvalue weighted by Gasteiger charge is 2.11. The molecule has 5 nitrogen and oxygen atoms in total. The number of benzene rings is 1. The van der Waals surface area contributed by atoms with Crippen LogP contribution >= 0.6 is 34.9 Å². The molecular weight excluding hydrogens is 304 g/mol. The van der Waals surface area contributed by atoms with Gasteiger partial charge in [0.1, 0.15) is 10.0 Å². The van der Waals surface area contributed by atoms with Gasteiger partial charge in [0.15, 0.2) is 0 Å². The van der Waals surface area contributed by atoms with E-state index in [0.717, 1.165) is 11.3 Å². The molecule has 0 amide bonds. The van der Waals surface area contributed by atoms with Gasteiger partial charge in [-0.05, 0) is 12.1 Å². The van der Waals surface area contributed by atoms with Crippen LogP contribution in [0.5, 0.6) is 0 Å². The summed E-state index contributed by atoms with van der Waals surface area (Å²) in [6.45, 7) is 0. The third-order valence-electron chi connectivity index (χ3n) is 2.27. The molecule has 96 valence electrons. The second-order valence-corrected chi connectivity index (χ2v) is 5.80. The average molecular weight is 311 g/mol. The van der Waals surface area contributed by atoms with E-state index in [-0.39, 0.29) is 0 Å². The summed E-state index contributed by atoms with van der Waals surface area (Å²) in [6, 6.07) is 9.62. The zero-order chi connectivity index (χ0) is 13.1. The van der Waals surface area contributed by atoms with E-state index in [1.807, 2.05) is 30.3 Å². The lowest BCUT2D eigenvalue weighted by atomic mass is 10.2. The third-order valence-corrected chi connectivity index (χ3v) is 4.08. The topological polar surface area (TPSA) is 64.7 Å². The van der Waals surface area contributed by atoms with Gasteiger partial charge in [-0.1, -0.05) is 46.1 Å². The van der Waals surface area contributed by atoms with Gasteiger partial charge < -0.3 is 4.42 Å². The van der Waals surface area contributed by atoms with Crippen LogP contribution in [0.3, 0.4) is 0 Å². The fourth-order valence-electron chi connectivity index (χ4n) is 1.38. The summed E-state index contributed by atoms with van der Waals surface area (Å²) in [4.78, 5) is 0. The van der Waals surface area contributed by atoms with Crippen LogP contribution in [0.1, 0.15) is 5.69 Å². The fraction of sp³-hybridized carbons (Fsp3) is 0.0909. The van der Waals surface area contributed by atoms with E-state index in [0.29, 0.717) is 21.2 Å². The predicted molar refractivity (Wildman–Crippen MR) is 74.2 cm³/mol. The fourth-order valence-corrected chi connectivity index (χ4v) is 2.87. The molecule has 3 rings (SSSR count). The number of hydrogen-bond donors (Lipinski definition) is 0. The Balaban J connectivity index is 1.70. The summed E-state index contributed by atoms with van der Waals surface area (Å²) in [6.07, 6.45) is 0. The van der Waals surface area contributed by atoms with Crippen molar-refractivity contribution in [2.24, 2.45) is 0 Å². The second kappa shape index (κ2) is 5.68. The standard InChI is InChI=1S/C11H7ClN4OS2/c12-9-8(13-16-19-9)6-18-11-15-14-10(17-11)7-4-2-1-3-5-7/h1-5H,6H2. The van der Waals surface area contributed by atoms with Crippen molar-refractivity contribution in [2.45, 2.75) is 11.0 Å². The molecule has 0 aliphatic rings. The van der Waals surface area contributed by atoms with E-state index < -0.39 is 0 Å². The minimum Gasteiger partial charge on any atom is -0.411 e. The second-order valence-electron chi connectivity index (χ2n) is 3.52. The molecule has 3 aromatic rings. The molecule has 2 heterocycles. The largest absolute Gasteiger partial charge is 0.411 e. The first kappa shape index (κ1) is 12.6. The zero-order valence-corrected chi connectivity index (χ0v) is 11.9. The van der Waals surface area contributed by atoms with E-state index in [1.165, 1.54) is 23.3 Å². The maximum atomic E-state index is 5.92. The summed E-state index contributed by atoms with van der Waals surface area (Å²) < 4.78 is 9.92. The molecule has 0 fully saturated rings. The van der Waals surface area contributed by atoms with Crippen molar-refractivity contribution < 1.29 is 4.42 Å². The van der Waals surface area contributed by atoms with Gasteiger partial charge in [-0.2, -0.15) is 0 Å². The Morgan fingerprint density at radius 3 is 2.74 bits per heavy atom. The molecule has 0 unspecified atom stereocenters. The maximum absolute atomic E-state index is 5.92. The molecule has 0 spiro atoms. The normalized spacial score (nSPS) is 10.8. The molecule has 0 N–H and O–H groups in total. The molecule has 2 aromatic heterocycles. The lowest BCUT2D eigenvalue weighted by Gasteiger charge is -1.93. The van der Waals surface area contributed by atoms with Crippen LogP contribution in [-0.2, 0) is 5.75 Å². The molecule has 8 heteroatoms. The average Bonchev–Trinajstić information content (AvgIpc) is 3.06. The van der Waals surface area contributed by atoms with Crippen molar-refractivity contribution in [3.8, 4) is 11.5 Å². The summed E-state index contributed by atoms with van der Waals surface area (Å²) in [5.41, 5.74) is 1.63. The van der Waals surface area contributed by atoms with Crippen LogP contribution in [0, 0.1) is 0 Å². The summed E-state index contributed by atoms with van der Waals surface area (Å²) in [5, 5.41) is 12.4. The number of rotatable bonds is 4. The van der Waals surface area contributed by atoms with Crippen molar-refractivity contribution in [2.75, 3.05) is 0 Å². The molecule has 0 saturated heterocycles. The molecule has 0 bridgehead atoms. The summed E-state index contributed by atoms with van der Waals surface area (Å²) >= 11 is 8.47. The minimum atomic E-state index is 0.489. The molecule has 0 aliphatic carbocycles. The molecule has 19 heavy (non-hydrogen) atoms. The van der Waals surface area contributed by atoms with Crippen LogP contribution < -0.4 is 0 Å². The van der Waals surface area contributed by atoms with Crippen LogP contribution in [0.2, 0.25) is 4.34 Å². The predicted octanol–water partition coefficient (Wildman–Crippen LogP) is 3.53. The number of thioether (sulfide) groups is 1. The Bertz CT molecular complexity index is 670. The third kappa shape index (κ3) is 2.94. The first-order valence-electron chi connectivity index (χ1n) is 5.31. The van der Waals surface area contributed by atoms with Gasteiger partial charge in [0.25, 0.3) is 5.22 Å². The van der Waals surface area contributed by atoms with Crippen molar-refractivity contribution in [1.29, 1.82) is 0 Å². The summed E-state index contributed by atoms with van der Waals surface area (Å²) in [5.74, 6) is 1.07. The first-order chi connectivity index (χ1) is 9.33. The van der Waals surface area contributed by atoms with Crippen molar-refractivity contribution in [1.82, 2.24) is 19.8 Å². The zero-order valence-electron chi connectivity index (χ0n) is 9.49. The Morgan fingerprint density at radius 2 is 2.00 bits per heavy atom. The Morgan fingerprint density at radius 1 is 1.16 bits per heavy atom. The smallest absolute Gasteiger partial charge is 0.277 e. The van der Waals surface area contributed by atoms with E-state index in [1.54, 1.807) is 0 Å². The molecule has 0 atom stereocenters. The Labute approximate surface area is 122 Å². The number of aromatic nitrogens is 4. The van der Waals surface area contributed by atoms with Crippen LogP contribution in [0.25, 0.3) is 11.5 Å². The van der Waals surface area contributed by atoms with Gasteiger partial charge >= 0.3 is 0 Å². The SMILES string of the molecule is Clc1snnc1CSc1nnc(-c2ccccc2)o1. The van der Waals surface area contributed by atoms with E-state index in [9.17, 15) is 0 Å². The first-order valence-corrected chi connectivity index (χ1v) is 7.45. The number of nitrogens with zero attached hydrogens (tertiary/aromatic N) is 4. The highest BCUT2D eigenvalue weighted by molar-refractivity contribution is 7.98. The summed E-state index contributed by atoms with van der Waals surface area (Å²) in [7, 11) is 0. The van der Waals surface area contributed by atoms with E-state index >= 15 is 0 Å². The molecule has 0 radical (unpaired) electrons. The van der Waals surface area contributed by atoms with Gasteiger partial charge in [-0.3, -0.25) is 0 Å². The van der Waals surface area contributed by atoms with Gasteiger partial charge in [0.2, 0.25) is 5.89 Å². The van der Waals surface area contributed by atoms with Gasteiger partial charge in [0.05, 0.1) is 0 Å². The molecular formula is C11H7ClN4OS2. The van der Waals surface area contributed by atoms with Crippen molar-refractivity contribution in [3.05, 3.63) is 40.4 Å². The van der Waals surface area contributed by atoms with Gasteiger partial charge in [0, 0.05) is 22.8 Å². The minimum absolute atomic E-state index is 0.489.